The van der Waals surface area contributed by atoms with Crippen LogP contribution in [0.3, 0.4) is 0 Å². The molecule has 0 bridgehead atoms. The zero-order valence-corrected chi connectivity index (χ0v) is 12.5. The lowest BCUT2D eigenvalue weighted by molar-refractivity contribution is 0.103. The Hall–Kier alpha value is -1.65. The van der Waals surface area contributed by atoms with Crippen LogP contribution in [0.5, 0.6) is 0 Å². The number of aryl methyl sites for hydroxylation is 2. The molecule has 0 fully saturated rings. The predicted octanol–water partition coefficient (Wildman–Crippen LogP) is 2.98. The fourth-order valence-corrected chi connectivity index (χ4v) is 2.72. The molecule has 0 unspecified atom stereocenters. The van der Waals surface area contributed by atoms with E-state index in [1.54, 1.807) is 12.3 Å². The van der Waals surface area contributed by atoms with E-state index < -0.39 is 0 Å². The molecule has 2 N–H and O–H groups in total. The summed E-state index contributed by atoms with van der Waals surface area (Å²) in [6.07, 6.45) is 1.71. The Labute approximate surface area is 123 Å². The van der Waals surface area contributed by atoms with E-state index in [1.165, 1.54) is 11.8 Å². The lowest BCUT2D eigenvalue weighted by Crippen LogP contribution is -2.08. The quantitative estimate of drug-likeness (QED) is 0.678. The number of pyridine rings is 1. The van der Waals surface area contributed by atoms with E-state index in [9.17, 15) is 4.79 Å². The van der Waals surface area contributed by atoms with Gasteiger partial charge in [-0.05, 0) is 37.6 Å². The second-order valence-corrected chi connectivity index (χ2v) is 5.72. The van der Waals surface area contributed by atoms with Crippen LogP contribution in [0, 0.1) is 13.8 Å². The van der Waals surface area contributed by atoms with Gasteiger partial charge in [0.2, 0.25) is 0 Å². The highest BCUT2D eigenvalue weighted by Crippen LogP contribution is 2.23. The third-order valence-corrected chi connectivity index (χ3v) is 4.05. The SMILES string of the molecule is Cc1ccc(C)c(C(=O)c2cccnc2SCCN)c1. The number of nitrogens with zero attached hydrogens (tertiary/aromatic N) is 1. The Kier molecular flexibility index (Phi) is 4.93. The largest absolute Gasteiger partial charge is 0.330 e. The minimum absolute atomic E-state index is 0.0267. The summed E-state index contributed by atoms with van der Waals surface area (Å²) in [6.45, 7) is 4.51. The molecule has 0 aliphatic rings. The Bertz CT molecular complexity index is 626. The molecule has 1 heterocycles. The maximum Gasteiger partial charge on any atom is 0.196 e. The molecule has 104 valence electrons. The number of aromatic nitrogens is 1. The fraction of sp³-hybridized carbons (Fsp3) is 0.250. The summed E-state index contributed by atoms with van der Waals surface area (Å²) >= 11 is 1.52. The fourth-order valence-electron chi connectivity index (χ4n) is 1.96. The molecular weight excluding hydrogens is 268 g/mol. The van der Waals surface area contributed by atoms with E-state index in [0.717, 1.165) is 27.5 Å². The lowest BCUT2D eigenvalue weighted by atomic mass is 9.98. The second kappa shape index (κ2) is 6.68. The number of hydrogen-bond donors (Lipinski definition) is 1. The summed E-state index contributed by atoms with van der Waals surface area (Å²) in [4.78, 5) is 17.0. The first-order valence-electron chi connectivity index (χ1n) is 6.53. The van der Waals surface area contributed by atoms with Crippen molar-refractivity contribution in [3.05, 3.63) is 58.8 Å². The van der Waals surface area contributed by atoms with E-state index in [4.69, 9.17) is 5.73 Å². The summed E-state index contributed by atoms with van der Waals surface area (Å²) in [7, 11) is 0. The minimum Gasteiger partial charge on any atom is -0.330 e. The molecule has 0 radical (unpaired) electrons. The van der Waals surface area contributed by atoms with Crippen molar-refractivity contribution in [2.45, 2.75) is 18.9 Å². The summed E-state index contributed by atoms with van der Waals surface area (Å²) in [5.41, 5.74) is 8.99. The van der Waals surface area contributed by atoms with Gasteiger partial charge in [-0.1, -0.05) is 17.7 Å². The number of hydrogen-bond acceptors (Lipinski definition) is 4. The van der Waals surface area contributed by atoms with Gasteiger partial charge in [0.05, 0.1) is 5.56 Å². The van der Waals surface area contributed by atoms with E-state index in [0.29, 0.717) is 12.1 Å². The first-order chi connectivity index (χ1) is 9.63. The molecule has 0 spiro atoms. The van der Waals surface area contributed by atoms with E-state index in [-0.39, 0.29) is 5.78 Å². The van der Waals surface area contributed by atoms with Crippen molar-refractivity contribution in [1.29, 1.82) is 0 Å². The van der Waals surface area contributed by atoms with Gasteiger partial charge in [-0.2, -0.15) is 0 Å². The van der Waals surface area contributed by atoms with Gasteiger partial charge in [0.25, 0.3) is 0 Å². The molecule has 0 atom stereocenters. The molecular formula is C16H18N2OS. The number of thioether (sulfide) groups is 1. The van der Waals surface area contributed by atoms with E-state index in [2.05, 4.69) is 4.98 Å². The highest BCUT2D eigenvalue weighted by atomic mass is 32.2. The topological polar surface area (TPSA) is 56.0 Å². The van der Waals surface area contributed by atoms with Crippen molar-refractivity contribution in [1.82, 2.24) is 4.98 Å². The average Bonchev–Trinajstić information content (AvgIpc) is 2.47. The molecule has 1 aromatic carbocycles. The Morgan fingerprint density at radius 3 is 2.80 bits per heavy atom. The van der Waals surface area contributed by atoms with Crippen LogP contribution in [-0.2, 0) is 0 Å². The van der Waals surface area contributed by atoms with Crippen LogP contribution in [0.1, 0.15) is 27.0 Å². The monoisotopic (exact) mass is 286 g/mol. The van der Waals surface area contributed by atoms with Crippen molar-refractivity contribution in [3.63, 3.8) is 0 Å². The van der Waals surface area contributed by atoms with E-state index >= 15 is 0 Å². The molecule has 2 aromatic rings. The highest BCUT2D eigenvalue weighted by Gasteiger charge is 2.16. The third kappa shape index (κ3) is 3.26. The van der Waals surface area contributed by atoms with Crippen molar-refractivity contribution in [2.75, 3.05) is 12.3 Å². The van der Waals surface area contributed by atoms with Crippen LogP contribution in [0.2, 0.25) is 0 Å². The van der Waals surface area contributed by atoms with Gasteiger partial charge in [-0.15, -0.1) is 11.8 Å². The van der Waals surface area contributed by atoms with Gasteiger partial charge in [0.15, 0.2) is 5.78 Å². The average molecular weight is 286 g/mol. The molecule has 0 aliphatic carbocycles. The first-order valence-corrected chi connectivity index (χ1v) is 7.52. The Morgan fingerprint density at radius 2 is 2.05 bits per heavy atom. The van der Waals surface area contributed by atoms with Crippen molar-refractivity contribution in [2.24, 2.45) is 5.73 Å². The molecule has 20 heavy (non-hydrogen) atoms. The van der Waals surface area contributed by atoms with Crippen LogP contribution < -0.4 is 5.73 Å². The third-order valence-electron chi connectivity index (χ3n) is 3.01. The van der Waals surface area contributed by atoms with Gasteiger partial charge in [-0.3, -0.25) is 4.79 Å². The van der Waals surface area contributed by atoms with Crippen LogP contribution in [-0.4, -0.2) is 23.1 Å². The second-order valence-electron chi connectivity index (χ2n) is 4.64. The Morgan fingerprint density at radius 1 is 1.25 bits per heavy atom. The van der Waals surface area contributed by atoms with Gasteiger partial charge in [0, 0.05) is 24.1 Å². The van der Waals surface area contributed by atoms with Gasteiger partial charge >= 0.3 is 0 Å². The van der Waals surface area contributed by atoms with E-state index in [1.807, 2.05) is 38.1 Å². The van der Waals surface area contributed by atoms with Crippen molar-refractivity contribution < 1.29 is 4.79 Å². The number of nitrogens with two attached hydrogens (primary N) is 1. The molecule has 1 aromatic heterocycles. The highest BCUT2D eigenvalue weighted by molar-refractivity contribution is 7.99. The van der Waals surface area contributed by atoms with Crippen LogP contribution in [0.25, 0.3) is 0 Å². The number of ketones is 1. The zero-order chi connectivity index (χ0) is 14.5. The summed E-state index contributed by atoms with van der Waals surface area (Å²) in [5.74, 6) is 0.781. The molecule has 0 amide bonds. The number of carbonyl (C=O) groups excluding carboxylic acids is 1. The maximum atomic E-state index is 12.7. The van der Waals surface area contributed by atoms with Crippen molar-refractivity contribution in [3.8, 4) is 0 Å². The summed E-state index contributed by atoms with van der Waals surface area (Å²) < 4.78 is 0. The molecule has 0 saturated carbocycles. The number of benzene rings is 1. The van der Waals surface area contributed by atoms with Crippen LogP contribution in [0.15, 0.2) is 41.6 Å². The zero-order valence-electron chi connectivity index (χ0n) is 11.7. The van der Waals surface area contributed by atoms with Crippen molar-refractivity contribution >= 4 is 17.5 Å². The summed E-state index contributed by atoms with van der Waals surface area (Å²) in [5, 5.41) is 0.754. The molecule has 0 saturated heterocycles. The van der Waals surface area contributed by atoms with Gasteiger partial charge in [0.1, 0.15) is 5.03 Å². The number of carbonyl (C=O) groups is 1. The number of rotatable bonds is 5. The molecule has 4 heteroatoms. The minimum atomic E-state index is 0.0267. The predicted molar refractivity (Wildman–Crippen MR) is 83.4 cm³/mol. The smallest absolute Gasteiger partial charge is 0.196 e. The summed E-state index contributed by atoms with van der Waals surface area (Å²) in [6, 6.07) is 9.55. The maximum absolute atomic E-state index is 12.7. The first kappa shape index (κ1) is 14.8. The lowest BCUT2D eigenvalue weighted by Gasteiger charge is -2.09. The molecule has 0 aliphatic heterocycles. The molecule has 3 nitrogen and oxygen atoms in total. The van der Waals surface area contributed by atoms with Crippen LogP contribution in [0.4, 0.5) is 0 Å². The van der Waals surface area contributed by atoms with Crippen LogP contribution >= 0.6 is 11.8 Å². The van der Waals surface area contributed by atoms with Gasteiger partial charge < -0.3 is 5.73 Å². The normalized spacial score (nSPS) is 10.6. The molecule has 2 rings (SSSR count). The Balaban J connectivity index is 2.40. The standard InChI is InChI=1S/C16H18N2OS/c1-11-5-6-12(2)14(10-11)15(19)13-4-3-8-18-16(13)20-9-7-17/h3-6,8,10H,7,9,17H2,1-2H3. The van der Waals surface area contributed by atoms with Gasteiger partial charge in [-0.25, -0.2) is 4.98 Å².